The maximum atomic E-state index is 9.35. The van der Waals surface area contributed by atoms with Crippen LogP contribution in [0, 0.1) is 0 Å². The lowest BCUT2D eigenvalue weighted by Crippen LogP contribution is -2.00. The number of aliphatic hydroxyl groups is 1. The van der Waals surface area contributed by atoms with Gasteiger partial charge in [-0.1, -0.05) is 12.1 Å². The summed E-state index contributed by atoms with van der Waals surface area (Å²) in [5.74, 6) is 1.55. The average Bonchev–Trinajstić information content (AvgIpc) is 2.64. The summed E-state index contributed by atoms with van der Waals surface area (Å²) >= 11 is 0. The van der Waals surface area contributed by atoms with E-state index in [2.05, 4.69) is 0 Å². The number of benzene rings is 1. The zero-order valence-electron chi connectivity index (χ0n) is 8.86. The van der Waals surface area contributed by atoms with E-state index in [0.29, 0.717) is 0 Å². The van der Waals surface area contributed by atoms with Crippen molar-refractivity contribution in [1.82, 2.24) is 0 Å². The standard InChI is InChI=1S/C12H14O3/c1-8(9(2)13)5-10-3-4-11-12(6-10)15-7-14-11/h3-6,9,13H,7H2,1-2H3/b8-5+. The van der Waals surface area contributed by atoms with Crippen LogP contribution in [0.25, 0.3) is 6.08 Å². The van der Waals surface area contributed by atoms with Crippen molar-refractivity contribution in [1.29, 1.82) is 0 Å². The van der Waals surface area contributed by atoms with Gasteiger partial charge in [0.2, 0.25) is 6.79 Å². The maximum absolute atomic E-state index is 9.35. The summed E-state index contributed by atoms with van der Waals surface area (Å²) in [6.45, 7) is 3.94. The summed E-state index contributed by atoms with van der Waals surface area (Å²) in [5.41, 5.74) is 1.94. The largest absolute Gasteiger partial charge is 0.454 e. The second kappa shape index (κ2) is 3.95. The van der Waals surface area contributed by atoms with Gasteiger partial charge in [-0.3, -0.25) is 0 Å². The third-order valence-electron chi connectivity index (χ3n) is 2.45. The zero-order valence-corrected chi connectivity index (χ0v) is 8.86. The highest BCUT2D eigenvalue weighted by Gasteiger charge is 2.12. The Balaban J connectivity index is 2.27. The van der Waals surface area contributed by atoms with Gasteiger partial charge in [0.15, 0.2) is 11.5 Å². The van der Waals surface area contributed by atoms with Gasteiger partial charge in [-0.15, -0.1) is 0 Å². The Labute approximate surface area is 88.9 Å². The summed E-state index contributed by atoms with van der Waals surface area (Å²) in [7, 11) is 0. The van der Waals surface area contributed by atoms with Crippen molar-refractivity contribution in [3.8, 4) is 11.5 Å². The number of hydrogen-bond acceptors (Lipinski definition) is 3. The topological polar surface area (TPSA) is 38.7 Å². The fourth-order valence-electron chi connectivity index (χ4n) is 1.39. The Kier molecular flexibility index (Phi) is 2.64. The molecule has 1 aromatic carbocycles. The minimum Gasteiger partial charge on any atom is -0.454 e. The molecule has 15 heavy (non-hydrogen) atoms. The minimum atomic E-state index is -0.421. The summed E-state index contributed by atoms with van der Waals surface area (Å²) in [5, 5.41) is 9.35. The van der Waals surface area contributed by atoms with Crippen molar-refractivity contribution in [2.24, 2.45) is 0 Å². The van der Waals surface area contributed by atoms with Crippen LogP contribution in [0.4, 0.5) is 0 Å². The quantitative estimate of drug-likeness (QED) is 0.806. The molecule has 2 rings (SSSR count). The molecule has 1 unspecified atom stereocenters. The van der Waals surface area contributed by atoms with E-state index in [4.69, 9.17) is 9.47 Å². The van der Waals surface area contributed by atoms with Gasteiger partial charge in [-0.05, 0) is 37.1 Å². The van der Waals surface area contributed by atoms with Crippen molar-refractivity contribution >= 4 is 6.08 Å². The van der Waals surface area contributed by atoms with Crippen LogP contribution in [0.15, 0.2) is 23.8 Å². The van der Waals surface area contributed by atoms with E-state index in [9.17, 15) is 5.11 Å². The Hall–Kier alpha value is -1.48. The molecule has 1 N–H and O–H groups in total. The molecule has 1 aliphatic heterocycles. The number of ether oxygens (including phenoxy) is 2. The van der Waals surface area contributed by atoms with Gasteiger partial charge in [0.05, 0.1) is 6.10 Å². The third kappa shape index (κ3) is 2.13. The van der Waals surface area contributed by atoms with Gasteiger partial charge in [-0.25, -0.2) is 0 Å². The predicted molar refractivity (Wildman–Crippen MR) is 57.9 cm³/mol. The number of fused-ring (bicyclic) bond motifs is 1. The van der Waals surface area contributed by atoms with Crippen molar-refractivity contribution < 1.29 is 14.6 Å². The van der Waals surface area contributed by atoms with Crippen LogP contribution in [-0.2, 0) is 0 Å². The van der Waals surface area contributed by atoms with Crippen molar-refractivity contribution in [3.63, 3.8) is 0 Å². The molecule has 1 atom stereocenters. The van der Waals surface area contributed by atoms with Crippen LogP contribution in [0.1, 0.15) is 19.4 Å². The number of aliphatic hydroxyl groups excluding tert-OH is 1. The lowest BCUT2D eigenvalue weighted by Gasteiger charge is -2.04. The first kappa shape index (κ1) is 10.1. The minimum absolute atomic E-state index is 0.290. The molecule has 1 heterocycles. The van der Waals surface area contributed by atoms with E-state index in [-0.39, 0.29) is 6.79 Å². The molecule has 0 amide bonds. The molecule has 0 saturated heterocycles. The van der Waals surface area contributed by atoms with Gasteiger partial charge in [0.1, 0.15) is 0 Å². The van der Waals surface area contributed by atoms with E-state index < -0.39 is 6.10 Å². The lowest BCUT2D eigenvalue weighted by atomic mass is 10.1. The zero-order chi connectivity index (χ0) is 10.8. The van der Waals surface area contributed by atoms with E-state index in [1.807, 2.05) is 31.2 Å². The van der Waals surface area contributed by atoms with Crippen LogP contribution < -0.4 is 9.47 Å². The number of rotatable bonds is 2. The molecule has 0 radical (unpaired) electrons. The van der Waals surface area contributed by atoms with E-state index in [0.717, 1.165) is 22.6 Å². The first-order valence-corrected chi connectivity index (χ1v) is 4.93. The molecule has 3 heteroatoms. The smallest absolute Gasteiger partial charge is 0.231 e. The first-order chi connectivity index (χ1) is 7.16. The predicted octanol–water partition coefficient (Wildman–Crippen LogP) is 2.20. The van der Waals surface area contributed by atoms with Crippen molar-refractivity contribution in [2.75, 3.05) is 6.79 Å². The van der Waals surface area contributed by atoms with Crippen molar-refractivity contribution in [3.05, 3.63) is 29.3 Å². The fourth-order valence-corrected chi connectivity index (χ4v) is 1.39. The summed E-state index contributed by atoms with van der Waals surface area (Å²) in [6, 6.07) is 5.73. The fraction of sp³-hybridized carbons (Fsp3) is 0.333. The number of hydrogen-bond donors (Lipinski definition) is 1. The molecule has 0 saturated carbocycles. The normalized spacial score (nSPS) is 16.6. The average molecular weight is 206 g/mol. The van der Waals surface area contributed by atoms with Crippen LogP contribution in [0.5, 0.6) is 11.5 Å². The molecule has 0 fully saturated rings. The van der Waals surface area contributed by atoms with Crippen LogP contribution in [0.2, 0.25) is 0 Å². The lowest BCUT2D eigenvalue weighted by molar-refractivity contribution is 0.174. The molecular weight excluding hydrogens is 192 g/mol. The Morgan fingerprint density at radius 2 is 2.13 bits per heavy atom. The monoisotopic (exact) mass is 206 g/mol. The second-order valence-electron chi connectivity index (χ2n) is 3.68. The van der Waals surface area contributed by atoms with Gasteiger partial charge < -0.3 is 14.6 Å². The highest BCUT2D eigenvalue weighted by atomic mass is 16.7. The van der Waals surface area contributed by atoms with Crippen LogP contribution >= 0.6 is 0 Å². The van der Waals surface area contributed by atoms with Gasteiger partial charge in [0, 0.05) is 0 Å². The molecule has 1 aromatic rings. The molecule has 0 aromatic heterocycles. The van der Waals surface area contributed by atoms with Gasteiger partial charge >= 0.3 is 0 Å². The summed E-state index contributed by atoms with van der Waals surface area (Å²) < 4.78 is 10.5. The molecule has 0 bridgehead atoms. The molecule has 1 aliphatic rings. The first-order valence-electron chi connectivity index (χ1n) is 4.93. The Morgan fingerprint density at radius 3 is 2.87 bits per heavy atom. The van der Waals surface area contributed by atoms with Crippen molar-refractivity contribution in [2.45, 2.75) is 20.0 Å². The van der Waals surface area contributed by atoms with Gasteiger partial charge in [-0.2, -0.15) is 0 Å². The second-order valence-corrected chi connectivity index (χ2v) is 3.68. The van der Waals surface area contributed by atoms with Crippen LogP contribution in [-0.4, -0.2) is 18.0 Å². The Bertz CT molecular complexity index is 394. The maximum Gasteiger partial charge on any atom is 0.231 e. The Morgan fingerprint density at radius 1 is 1.40 bits per heavy atom. The summed E-state index contributed by atoms with van der Waals surface area (Å²) in [4.78, 5) is 0. The molecule has 0 spiro atoms. The third-order valence-corrected chi connectivity index (χ3v) is 2.45. The van der Waals surface area contributed by atoms with Crippen LogP contribution in [0.3, 0.4) is 0 Å². The molecular formula is C12H14O3. The molecule has 3 nitrogen and oxygen atoms in total. The van der Waals surface area contributed by atoms with E-state index in [1.54, 1.807) is 6.92 Å². The summed E-state index contributed by atoms with van der Waals surface area (Å²) in [6.07, 6.45) is 1.52. The SMILES string of the molecule is C/C(=C\c1ccc2c(c1)OCO2)C(C)O. The molecule has 80 valence electrons. The highest BCUT2D eigenvalue weighted by Crippen LogP contribution is 2.33. The van der Waals surface area contributed by atoms with E-state index in [1.165, 1.54) is 0 Å². The van der Waals surface area contributed by atoms with E-state index >= 15 is 0 Å². The highest BCUT2D eigenvalue weighted by molar-refractivity contribution is 5.58. The van der Waals surface area contributed by atoms with Gasteiger partial charge in [0.25, 0.3) is 0 Å². The molecule has 0 aliphatic carbocycles.